The van der Waals surface area contributed by atoms with Crippen LogP contribution in [0.3, 0.4) is 0 Å². The maximum atomic E-state index is 13.9. The molecule has 0 unspecified atom stereocenters. The van der Waals surface area contributed by atoms with Crippen LogP contribution in [0.4, 0.5) is 16.0 Å². The zero-order chi connectivity index (χ0) is 22.2. The Labute approximate surface area is 192 Å². The summed E-state index contributed by atoms with van der Waals surface area (Å²) in [6.45, 7) is 2.12. The monoisotopic (exact) mass is 454 g/mol. The number of aromatic nitrogens is 3. The normalized spacial score (nSPS) is 14.3. The highest BCUT2D eigenvalue weighted by atomic mass is 32.2. The summed E-state index contributed by atoms with van der Waals surface area (Å²) >= 11 is 1.77. The van der Waals surface area contributed by atoms with Gasteiger partial charge in [0, 0.05) is 30.7 Å². The molecule has 6 nitrogen and oxygen atoms in total. The number of nitrogens with zero attached hydrogens (tertiary/aromatic N) is 3. The van der Waals surface area contributed by atoms with E-state index < -0.39 is 0 Å². The van der Waals surface area contributed by atoms with E-state index in [1.807, 2.05) is 12.1 Å². The van der Waals surface area contributed by atoms with E-state index in [-0.39, 0.29) is 5.82 Å². The van der Waals surface area contributed by atoms with Gasteiger partial charge in [-0.05, 0) is 61.3 Å². The van der Waals surface area contributed by atoms with Gasteiger partial charge in [0.05, 0.1) is 12.2 Å². The molecular weight excluding hydrogens is 427 g/mol. The van der Waals surface area contributed by atoms with Gasteiger partial charge in [-0.3, -0.25) is 0 Å². The molecule has 8 heteroatoms. The lowest BCUT2D eigenvalue weighted by molar-refractivity contribution is 0.0593. The zero-order valence-electron chi connectivity index (χ0n) is 18.1. The number of benzene rings is 2. The van der Waals surface area contributed by atoms with Crippen LogP contribution in [0.1, 0.15) is 24.8 Å². The van der Waals surface area contributed by atoms with Crippen molar-refractivity contribution in [2.24, 2.45) is 5.92 Å². The molecule has 1 aromatic heterocycles. The lowest BCUT2D eigenvalue weighted by Gasteiger charge is -2.22. The molecule has 1 aliphatic heterocycles. The number of ether oxygens (including phenoxy) is 2. The van der Waals surface area contributed by atoms with Gasteiger partial charge >= 0.3 is 0 Å². The second-order valence-corrected chi connectivity index (χ2v) is 8.59. The SMILES string of the molecule is CSCc1cccc(Nc2ncnc(-c3ccc(F)cc3OCCC3CCOCC3)n2)c1. The van der Waals surface area contributed by atoms with Crippen LogP contribution in [0, 0.1) is 11.7 Å². The summed E-state index contributed by atoms with van der Waals surface area (Å²) < 4.78 is 25.3. The summed E-state index contributed by atoms with van der Waals surface area (Å²) in [5.41, 5.74) is 2.76. The molecule has 0 atom stereocenters. The minimum absolute atomic E-state index is 0.354. The van der Waals surface area contributed by atoms with Crippen LogP contribution in [-0.2, 0) is 10.5 Å². The van der Waals surface area contributed by atoms with Gasteiger partial charge in [-0.15, -0.1) is 0 Å². The van der Waals surface area contributed by atoms with Gasteiger partial charge in [0.15, 0.2) is 5.82 Å². The fraction of sp³-hybridized carbons (Fsp3) is 0.375. The molecule has 0 aliphatic carbocycles. The van der Waals surface area contributed by atoms with Gasteiger partial charge in [0.25, 0.3) is 0 Å². The van der Waals surface area contributed by atoms with Crippen molar-refractivity contribution < 1.29 is 13.9 Å². The second kappa shape index (κ2) is 11.2. The molecule has 168 valence electrons. The van der Waals surface area contributed by atoms with E-state index in [9.17, 15) is 4.39 Å². The smallest absolute Gasteiger partial charge is 0.230 e. The van der Waals surface area contributed by atoms with Gasteiger partial charge in [-0.2, -0.15) is 16.7 Å². The Morgan fingerprint density at radius 3 is 2.88 bits per heavy atom. The van der Waals surface area contributed by atoms with Crippen molar-refractivity contribution in [2.75, 3.05) is 31.4 Å². The zero-order valence-corrected chi connectivity index (χ0v) is 18.9. The van der Waals surface area contributed by atoms with Crippen LogP contribution in [0.2, 0.25) is 0 Å². The van der Waals surface area contributed by atoms with Crippen LogP contribution in [0.15, 0.2) is 48.8 Å². The third-order valence-electron chi connectivity index (χ3n) is 5.38. The fourth-order valence-corrected chi connectivity index (χ4v) is 4.20. The molecule has 0 radical (unpaired) electrons. The second-order valence-electron chi connectivity index (χ2n) is 7.72. The van der Waals surface area contributed by atoms with Crippen LogP contribution >= 0.6 is 11.8 Å². The fourth-order valence-electron chi connectivity index (χ4n) is 3.69. The molecule has 0 amide bonds. The highest BCUT2D eigenvalue weighted by Crippen LogP contribution is 2.30. The number of rotatable bonds is 9. The molecule has 0 saturated carbocycles. The predicted octanol–water partition coefficient (Wildman–Crippen LogP) is 5.48. The topological polar surface area (TPSA) is 69.2 Å². The van der Waals surface area contributed by atoms with Crippen LogP contribution in [-0.4, -0.2) is 41.0 Å². The van der Waals surface area contributed by atoms with E-state index >= 15 is 0 Å². The molecule has 1 fully saturated rings. The standard InChI is InChI=1S/C24H27FN4O2S/c1-32-15-18-3-2-4-20(13-18)28-24-27-16-26-23(29-24)21-6-5-19(25)14-22(21)31-12-9-17-7-10-30-11-8-17/h2-6,13-14,16-17H,7-12,15H2,1H3,(H,26,27,28,29). The Morgan fingerprint density at radius 1 is 1.16 bits per heavy atom. The maximum Gasteiger partial charge on any atom is 0.230 e. The Balaban J connectivity index is 1.48. The molecule has 1 aliphatic rings. The molecule has 0 bridgehead atoms. The van der Waals surface area contributed by atoms with E-state index in [4.69, 9.17) is 9.47 Å². The van der Waals surface area contributed by atoms with Gasteiger partial charge < -0.3 is 14.8 Å². The summed E-state index contributed by atoms with van der Waals surface area (Å²) in [4.78, 5) is 13.1. The van der Waals surface area contributed by atoms with Crippen LogP contribution in [0.5, 0.6) is 5.75 Å². The number of thioether (sulfide) groups is 1. The minimum atomic E-state index is -0.354. The molecule has 4 rings (SSSR count). The van der Waals surface area contributed by atoms with Crippen molar-refractivity contribution >= 4 is 23.4 Å². The first-order valence-corrected chi connectivity index (χ1v) is 12.1. The molecule has 3 aromatic rings. The maximum absolute atomic E-state index is 13.9. The summed E-state index contributed by atoms with van der Waals surface area (Å²) in [7, 11) is 0. The first-order chi connectivity index (χ1) is 15.7. The Hall–Kier alpha value is -2.71. The highest BCUT2D eigenvalue weighted by Gasteiger charge is 2.16. The van der Waals surface area contributed by atoms with Gasteiger partial charge in [0.2, 0.25) is 5.95 Å². The molecule has 1 saturated heterocycles. The Kier molecular flexibility index (Phi) is 7.90. The molecule has 32 heavy (non-hydrogen) atoms. The lowest BCUT2D eigenvalue weighted by Crippen LogP contribution is -2.18. The largest absolute Gasteiger partial charge is 0.493 e. The third-order valence-corrected chi connectivity index (χ3v) is 6.00. The third kappa shape index (κ3) is 6.17. The van der Waals surface area contributed by atoms with E-state index in [0.717, 1.165) is 43.9 Å². The average molecular weight is 455 g/mol. The molecule has 2 heterocycles. The molecule has 0 spiro atoms. The quantitative estimate of drug-likeness (QED) is 0.459. The number of hydrogen-bond donors (Lipinski definition) is 1. The van der Waals surface area contributed by atoms with E-state index in [1.54, 1.807) is 17.8 Å². The predicted molar refractivity (Wildman–Crippen MR) is 126 cm³/mol. The van der Waals surface area contributed by atoms with Crippen molar-refractivity contribution in [2.45, 2.75) is 25.0 Å². The summed E-state index contributed by atoms with van der Waals surface area (Å²) in [6, 6.07) is 12.6. The summed E-state index contributed by atoms with van der Waals surface area (Å²) in [6.07, 6.45) is 6.52. The van der Waals surface area contributed by atoms with Crippen molar-refractivity contribution in [3.8, 4) is 17.1 Å². The number of anilines is 2. The number of halogens is 1. The van der Waals surface area contributed by atoms with Crippen LogP contribution < -0.4 is 10.1 Å². The van der Waals surface area contributed by atoms with Crippen molar-refractivity contribution in [1.82, 2.24) is 15.0 Å². The van der Waals surface area contributed by atoms with Gasteiger partial charge in [0.1, 0.15) is 17.9 Å². The molecular formula is C24H27FN4O2S. The van der Waals surface area contributed by atoms with Crippen molar-refractivity contribution in [1.29, 1.82) is 0 Å². The van der Waals surface area contributed by atoms with E-state index in [1.165, 1.54) is 24.0 Å². The minimum Gasteiger partial charge on any atom is -0.493 e. The first kappa shape index (κ1) is 22.5. The van der Waals surface area contributed by atoms with Crippen molar-refractivity contribution in [3.05, 3.63) is 60.2 Å². The van der Waals surface area contributed by atoms with Crippen LogP contribution in [0.25, 0.3) is 11.4 Å². The van der Waals surface area contributed by atoms with E-state index in [0.29, 0.717) is 35.6 Å². The summed E-state index contributed by atoms with van der Waals surface area (Å²) in [5, 5.41) is 3.23. The van der Waals surface area contributed by atoms with Gasteiger partial charge in [-0.1, -0.05) is 12.1 Å². The van der Waals surface area contributed by atoms with Crippen molar-refractivity contribution in [3.63, 3.8) is 0 Å². The summed E-state index contributed by atoms with van der Waals surface area (Å²) in [5.74, 6) is 2.46. The number of nitrogens with one attached hydrogen (secondary N) is 1. The Bertz CT molecular complexity index is 1030. The Morgan fingerprint density at radius 2 is 2.03 bits per heavy atom. The van der Waals surface area contributed by atoms with E-state index in [2.05, 4.69) is 38.7 Å². The molecule has 1 N–H and O–H groups in total. The number of hydrogen-bond acceptors (Lipinski definition) is 7. The molecule has 2 aromatic carbocycles. The highest BCUT2D eigenvalue weighted by molar-refractivity contribution is 7.97. The average Bonchev–Trinajstić information content (AvgIpc) is 2.81. The first-order valence-electron chi connectivity index (χ1n) is 10.8. The lowest BCUT2D eigenvalue weighted by atomic mass is 9.97. The van der Waals surface area contributed by atoms with Gasteiger partial charge in [-0.25, -0.2) is 14.4 Å².